The molecule has 0 radical (unpaired) electrons. The van der Waals surface area contributed by atoms with Crippen molar-refractivity contribution < 1.29 is 4.42 Å². The number of nitrogens with two attached hydrogens (primary N) is 1. The number of benzene rings is 1. The topological polar surface area (TPSA) is 42.4 Å². The minimum Gasteiger partial charge on any atom is -0.467 e. The van der Waals surface area contributed by atoms with Crippen LogP contribution in [0.2, 0.25) is 0 Å². The molecule has 1 aromatic carbocycles. The maximum atomic E-state index is 5.83. The number of hydrogen-bond acceptors (Lipinski definition) is 3. The molecule has 1 aliphatic rings. The predicted octanol–water partition coefficient (Wildman–Crippen LogP) is 2.81. The molecule has 0 aliphatic carbocycles. The van der Waals surface area contributed by atoms with Crippen molar-refractivity contribution in [3.05, 3.63) is 47.9 Å². The molecule has 2 N–H and O–H groups in total. The van der Waals surface area contributed by atoms with Gasteiger partial charge in [0.25, 0.3) is 0 Å². The smallest absolute Gasteiger partial charge is 0.123 e. The fourth-order valence-corrected chi connectivity index (χ4v) is 2.45. The Balaban J connectivity index is 1.89. The fourth-order valence-electron chi connectivity index (χ4n) is 2.45. The van der Waals surface area contributed by atoms with E-state index in [9.17, 15) is 0 Å². The number of nitrogens with zero attached hydrogens (tertiary/aromatic N) is 1. The molecule has 2 heterocycles. The van der Waals surface area contributed by atoms with Crippen LogP contribution in [0.4, 0.5) is 11.4 Å². The first-order valence-electron chi connectivity index (χ1n) is 5.99. The summed E-state index contributed by atoms with van der Waals surface area (Å²) in [6.45, 7) is 1.92. The minimum absolute atomic E-state index is 0.837. The fraction of sp³-hybridized carbons (Fsp3) is 0.286. The Morgan fingerprint density at radius 1 is 1.29 bits per heavy atom. The van der Waals surface area contributed by atoms with Crippen LogP contribution < -0.4 is 10.6 Å². The minimum atomic E-state index is 0.837. The molecule has 0 saturated carbocycles. The van der Waals surface area contributed by atoms with Gasteiger partial charge in [-0.3, -0.25) is 0 Å². The number of fused-ring (bicyclic) bond motifs is 1. The van der Waals surface area contributed by atoms with E-state index in [4.69, 9.17) is 10.2 Å². The van der Waals surface area contributed by atoms with E-state index >= 15 is 0 Å². The monoisotopic (exact) mass is 228 g/mol. The van der Waals surface area contributed by atoms with Crippen molar-refractivity contribution in [2.24, 2.45) is 0 Å². The maximum Gasteiger partial charge on any atom is 0.123 e. The summed E-state index contributed by atoms with van der Waals surface area (Å²) in [4.78, 5) is 2.36. The zero-order chi connectivity index (χ0) is 11.7. The number of rotatable bonds is 2. The molecular formula is C14H16N2O. The Bertz CT molecular complexity index is 505. The van der Waals surface area contributed by atoms with Gasteiger partial charge in [-0.1, -0.05) is 0 Å². The molecule has 0 spiro atoms. The molecule has 0 unspecified atom stereocenters. The molecule has 3 nitrogen and oxygen atoms in total. The van der Waals surface area contributed by atoms with Crippen LogP contribution >= 0.6 is 0 Å². The third-order valence-electron chi connectivity index (χ3n) is 3.25. The third kappa shape index (κ3) is 2.00. The van der Waals surface area contributed by atoms with Crippen molar-refractivity contribution in [3.8, 4) is 0 Å². The molecule has 1 aliphatic heterocycles. The van der Waals surface area contributed by atoms with Gasteiger partial charge in [0.1, 0.15) is 5.76 Å². The third-order valence-corrected chi connectivity index (χ3v) is 3.25. The Morgan fingerprint density at radius 2 is 2.24 bits per heavy atom. The molecule has 1 aromatic heterocycles. The van der Waals surface area contributed by atoms with Crippen LogP contribution in [-0.4, -0.2) is 6.54 Å². The van der Waals surface area contributed by atoms with E-state index in [2.05, 4.69) is 17.0 Å². The molecule has 0 bridgehead atoms. The Kier molecular flexibility index (Phi) is 2.52. The van der Waals surface area contributed by atoms with E-state index in [1.165, 1.54) is 17.7 Å². The Morgan fingerprint density at radius 3 is 3.06 bits per heavy atom. The molecule has 88 valence electrons. The van der Waals surface area contributed by atoms with Crippen LogP contribution in [0.5, 0.6) is 0 Å². The first-order chi connectivity index (χ1) is 8.33. The quantitative estimate of drug-likeness (QED) is 0.804. The van der Waals surface area contributed by atoms with Gasteiger partial charge < -0.3 is 15.1 Å². The highest BCUT2D eigenvalue weighted by Crippen LogP contribution is 2.29. The highest BCUT2D eigenvalue weighted by molar-refractivity contribution is 5.61. The molecule has 0 saturated heterocycles. The average Bonchev–Trinajstić information content (AvgIpc) is 2.82. The van der Waals surface area contributed by atoms with Gasteiger partial charge in [-0.15, -0.1) is 0 Å². The lowest BCUT2D eigenvalue weighted by Crippen LogP contribution is -2.28. The van der Waals surface area contributed by atoms with Gasteiger partial charge in [-0.05, 0) is 48.7 Å². The first kappa shape index (κ1) is 10.3. The van der Waals surface area contributed by atoms with E-state index < -0.39 is 0 Å². The van der Waals surface area contributed by atoms with Crippen molar-refractivity contribution in [2.75, 3.05) is 17.2 Å². The Labute approximate surface area is 101 Å². The Hall–Kier alpha value is -1.90. The predicted molar refractivity (Wildman–Crippen MR) is 68.9 cm³/mol. The number of anilines is 2. The van der Waals surface area contributed by atoms with E-state index in [0.717, 1.165) is 31.0 Å². The van der Waals surface area contributed by atoms with Crippen LogP contribution in [0.3, 0.4) is 0 Å². The van der Waals surface area contributed by atoms with Gasteiger partial charge in [-0.25, -0.2) is 0 Å². The van der Waals surface area contributed by atoms with Gasteiger partial charge in [0.15, 0.2) is 0 Å². The summed E-state index contributed by atoms with van der Waals surface area (Å²) in [6.07, 6.45) is 4.02. The summed E-state index contributed by atoms with van der Waals surface area (Å²) in [5, 5.41) is 0. The van der Waals surface area contributed by atoms with Crippen LogP contribution in [0.1, 0.15) is 17.7 Å². The molecule has 17 heavy (non-hydrogen) atoms. The van der Waals surface area contributed by atoms with Crippen LogP contribution in [0.25, 0.3) is 0 Å². The molecule has 2 aromatic rings. The maximum absolute atomic E-state index is 5.83. The second kappa shape index (κ2) is 4.17. The zero-order valence-corrected chi connectivity index (χ0v) is 9.73. The molecule has 0 atom stereocenters. The molecule has 0 fully saturated rings. The summed E-state index contributed by atoms with van der Waals surface area (Å²) in [5.74, 6) is 1.01. The van der Waals surface area contributed by atoms with Gasteiger partial charge in [0.2, 0.25) is 0 Å². The molecular weight excluding hydrogens is 212 g/mol. The summed E-state index contributed by atoms with van der Waals surface area (Å²) < 4.78 is 5.41. The molecule has 3 rings (SSSR count). The number of aryl methyl sites for hydroxylation is 1. The van der Waals surface area contributed by atoms with E-state index in [0.29, 0.717) is 0 Å². The summed E-state index contributed by atoms with van der Waals surface area (Å²) in [7, 11) is 0. The van der Waals surface area contributed by atoms with Gasteiger partial charge in [0, 0.05) is 17.9 Å². The molecule has 3 heteroatoms. The SMILES string of the molecule is Nc1ccc2c(c1)CCCN2Cc1ccco1. The van der Waals surface area contributed by atoms with Crippen molar-refractivity contribution in [3.63, 3.8) is 0 Å². The van der Waals surface area contributed by atoms with Crippen LogP contribution in [-0.2, 0) is 13.0 Å². The van der Waals surface area contributed by atoms with Crippen molar-refractivity contribution in [1.82, 2.24) is 0 Å². The van der Waals surface area contributed by atoms with Crippen molar-refractivity contribution in [1.29, 1.82) is 0 Å². The standard InChI is InChI=1S/C14H16N2O/c15-12-5-6-14-11(9-12)3-1-7-16(14)10-13-4-2-8-17-13/h2,4-6,8-9H,1,3,7,10,15H2. The summed E-state index contributed by atoms with van der Waals surface area (Å²) in [5.41, 5.74) is 9.32. The first-order valence-corrected chi connectivity index (χ1v) is 5.99. The lowest BCUT2D eigenvalue weighted by atomic mass is 10.0. The number of hydrogen-bond donors (Lipinski definition) is 1. The largest absolute Gasteiger partial charge is 0.467 e. The number of nitrogen functional groups attached to an aromatic ring is 1. The number of furan rings is 1. The molecule has 0 amide bonds. The van der Waals surface area contributed by atoms with Gasteiger partial charge in [0.05, 0.1) is 12.8 Å². The zero-order valence-electron chi connectivity index (χ0n) is 9.73. The van der Waals surface area contributed by atoms with Gasteiger partial charge >= 0.3 is 0 Å². The summed E-state index contributed by atoms with van der Waals surface area (Å²) >= 11 is 0. The highest BCUT2D eigenvalue weighted by Gasteiger charge is 2.17. The summed E-state index contributed by atoms with van der Waals surface area (Å²) in [6, 6.07) is 10.1. The van der Waals surface area contributed by atoms with E-state index in [1.54, 1.807) is 6.26 Å². The van der Waals surface area contributed by atoms with E-state index in [1.807, 2.05) is 18.2 Å². The second-order valence-corrected chi connectivity index (χ2v) is 4.49. The average molecular weight is 228 g/mol. The van der Waals surface area contributed by atoms with Crippen LogP contribution in [0.15, 0.2) is 41.0 Å². The van der Waals surface area contributed by atoms with E-state index in [-0.39, 0.29) is 0 Å². The van der Waals surface area contributed by atoms with Crippen molar-refractivity contribution >= 4 is 11.4 Å². The lowest BCUT2D eigenvalue weighted by Gasteiger charge is -2.30. The lowest BCUT2D eigenvalue weighted by molar-refractivity contribution is 0.498. The van der Waals surface area contributed by atoms with Crippen molar-refractivity contribution in [2.45, 2.75) is 19.4 Å². The van der Waals surface area contributed by atoms with Gasteiger partial charge in [-0.2, -0.15) is 0 Å². The highest BCUT2D eigenvalue weighted by atomic mass is 16.3. The normalized spacial score (nSPS) is 14.7. The second-order valence-electron chi connectivity index (χ2n) is 4.49. The van der Waals surface area contributed by atoms with Crippen LogP contribution in [0, 0.1) is 0 Å².